The van der Waals surface area contributed by atoms with E-state index in [4.69, 9.17) is 11.6 Å². The monoisotopic (exact) mass is 242 g/mol. The van der Waals surface area contributed by atoms with E-state index in [0.29, 0.717) is 5.15 Å². The Morgan fingerprint density at radius 3 is 2.44 bits per heavy atom. The van der Waals surface area contributed by atoms with E-state index in [1.54, 1.807) is 0 Å². The van der Waals surface area contributed by atoms with Crippen molar-refractivity contribution in [1.82, 2.24) is 9.78 Å². The Hall–Kier alpha value is -0.500. The minimum absolute atomic E-state index is 0.222. The van der Waals surface area contributed by atoms with Gasteiger partial charge in [0.2, 0.25) is 0 Å². The molecule has 0 aromatic carbocycles. The smallest absolute Gasteiger partial charge is 0.151 e. The summed E-state index contributed by atoms with van der Waals surface area (Å²) >= 11 is 5.97. The van der Waals surface area contributed by atoms with E-state index in [2.05, 4.69) is 25.9 Å². The van der Waals surface area contributed by atoms with Crippen LogP contribution in [-0.2, 0) is 12.5 Å². The Bertz CT molecular complexity index is 333. The summed E-state index contributed by atoms with van der Waals surface area (Å²) in [5, 5.41) is 4.86. The lowest BCUT2D eigenvalue weighted by Gasteiger charge is -2.29. The summed E-state index contributed by atoms with van der Waals surface area (Å²) in [6.45, 7) is 6.81. The van der Waals surface area contributed by atoms with Gasteiger partial charge < -0.3 is 0 Å². The summed E-state index contributed by atoms with van der Waals surface area (Å²) in [6.07, 6.45) is 6.11. The molecule has 0 spiro atoms. The molecule has 1 atom stereocenters. The fraction of sp³-hybridized carbons (Fsp3) is 0.769. The van der Waals surface area contributed by atoms with Crippen molar-refractivity contribution in [1.29, 1.82) is 0 Å². The van der Waals surface area contributed by atoms with E-state index in [1.165, 1.54) is 37.8 Å². The van der Waals surface area contributed by atoms with Crippen LogP contribution in [0.25, 0.3) is 0 Å². The Kier molecular flexibility index (Phi) is 4.85. The van der Waals surface area contributed by atoms with Crippen LogP contribution in [0.2, 0.25) is 5.15 Å². The predicted molar refractivity (Wildman–Crippen MR) is 70.0 cm³/mol. The maximum atomic E-state index is 5.97. The molecule has 0 saturated heterocycles. The fourth-order valence-corrected chi connectivity index (χ4v) is 2.71. The molecule has 0 radical (unpaired) electrons. The summed E-state index contributed by atoms with van der Waals surface area (Å²) in [5.74, 6) is 0. The summed E-state index contributed by atoms with van der Waals surface area (Å²) in [6, 6.07) is 2.02. The minimum atomic E-state index is 0.222. The average Bonchev–Trinajstić information content (AvgIpc) is 2.56. The highest BCUT2D eigenvalue weighted by Crippen LogP contribution is 2.35. The van der Waals surface area contributed by atoms with Gasteiger partial charge in [0, 0.05) is 18.2 Å². The zero-order valence-electron chi connectivity index (χ0n) is 10.9. The summed E-state index contributed by atoms with van der Waals surface area (Å²) in [4.78, 5) is 0. The van der Waals surface area contributed by atoms with E-state index in [0.717, 1.165) is 0 Å². The Balaban J connectivity index is 2.95. The number of hydrogen-bond donors (Lipinski definition) is 0. The molecule has 0 aliphatic heterocycles. The third kappa shape index (κ3) is 3.00. The van der Waals surface area contributed by atoms with Gasteiger partial charge in [-0.15, -0.1) is 0 Å². The summed E-state index contributed by atoms with van der Waals surface area (Å²) in [7, 11) is 1.99. The number of aromatic nitrogens is 2. The first-order valence-electron chi connectivity index (χ1n) is 6.23. The third-order valence-electron chi connectivity index (χ3n) is 3.35. The van der Waals surface area contributed by atoms with Crippen LogP contribution in [0.4, 0.5) is 0 Å². The van der Waals surface area contributed by atoms with Gasteiger partial charge in [0.25, 0.3) is 0 Å². The topological polar surface area (TPSA) is 17.8 Å². The predicted octanol–water partition coefficient (Wildman–Crippen LogP) is 4.32. The first-order valence-corrected chi connectivity index (χ1v) is 6.61. The number of unbranched alkanes of at least 4 members (excludes halogenated alkanes) is 1. The molecule has 0 saturated carbocycles. The molecule has 0 fully saturated rings. The van der Waals surface area contributed by atoms with Crippen molar-refractivity contribution in [2.24, 2.45) is 7.05 Å². The fourth-order valence-electron chi connectivity index (χ4n) is 2.50. The number of rotatable bonds is 6. The first-order chi connectivity index (χ1) is 7.53. The number of nitrogens with zero attached hydrogens (tertiary/aromatic N) is 2. The Morgan fingerprint density at radius 1 is 1.31 bits per heavy atom. The van der Waals surface area contributed by atoms with Crippen LogP contribution < -0.4 is 0 Å². The van der Waals surface area contributed by atoms with Crippen molar-refractivity contribution in [2.75, 3.05) is 0 Å². The molecule has 92 valence electrons. The minimum Gasteiger partial charge on any atom is -0.271 e. The molecule has 0 amide bonds. The molecule has 1 rings (SSSR count). The lowest BCUT2D eigenvalue weighted by Crippen LogP contribution is -2.25. The lowest BCUT2D eigenvalue weighted by molar-refractivity contribution is 0.358. The molecule has 0 bridgehead atoms. The highest BCUT2D eigenvalue weighted by Gasteiger charge is 2.28. The van der Waals surface area contributed by atoms with Crippen LogP contribution in [0.15, 0.2) is 6.07 Å². The number of halogens is 1. The zero-order chi connectivity index (χ0) is 12.2. The largest absolute Gasteiger partial charge is 0.271 e. The van der Waals surface area contributed by atoms with Gasteiger partial charge >= 0.3 is 0 Å². The molecular weight excluding hydrogens is 220 g/mol. The average molecular weight is 243 g/mol. The van der Waals surface area contributed by atoms with Gasteiger partial charge in [-0.2, -0.15) is 5.10 Å². The maximum absolute atomic E-state index is 5.97. The standard InChI is InChI=1S/C13H23ClN2/c1-5-7-9-13(3,8-6-2)11-10-12(14)15-16(11)4/h10H,5-9H2,1-4H3. The van der Waals surface area contributed by atoms with Crippen molar-refractivity contribution >= 4 is 11.6 Å². The summed E-state index contributed by atoms with van der Waals surface area (Å²) in [5.41, 5.74) is 1.49. The van der Waals surface area contributed by atoms with Gasteiger partial charge in [-0.1, -0.05) is 51.6 Å². The summed E-state index contributed by atoms with van der Waals surface area (Å²) < 4.78 is 1.94. The third-order valence-corrected chi connectivity index (χ3v) is 3.54. The normalized spacial score (nSPS) is 15.1. The second-order valence-corrected chi connectivity index (χ2v) is 5.28. The van der Waals surface area contributed by atoms with Crippen molar-refractivity contribution in [3.05, 3.63) is 16.9 Å². The van der Waals surface area contributed by atoms with Crippen LogP contribution in [0.5, 0.6) is 0 Å². The van der Waals surface area contributed by atoms with E-state index in [9.17, 15) is 0 Å². The number of aryl methyl sites for hydroxylation is 1. The molecular formula is C13H23ClN2. The van der Waals surface area contributed by atoms with Crippen LogP contribution in [0.1, 0.15) is 58.6 Å². The SMILES string of the molecule is CCCCC(C)(CCC)c1cc(Cl)nn1C. The highest BCUT2D eigenvalue weighted by atomic mass is 35.5. The lowest BCUT2D eigenvalue weighted by atomic mass is 9.78. The molecule has 0 aliphatic rings. The van der Waals surface area contributed by atoms with Crippen LogP contribution in [-0.4, -0.2) is 9.78 Å². The quantitative estimate of drug-likeness (QED) is 0.727. The van der Waals surface area contributed by atoms with E-state index in [1.807, 2.05) is 17.8 Å². The van der Waals surface area contributed by atoms with E-state index in [-0.39, 0.29) is 5.41 Å². The second kappa shape index (κ2) is 5.72. The molecule has 1 heterocycles. The van der Waals surface area contributed by atoms with Gasteiger partial charge in [-0.25, -0.2) is 0 Å². The molecule has 1 unspecified atom stereocenters. The highest BCUT2D eigenvalue weighted by molar-refractivity contribution is 6.29. The Morgan fingerprint density at radius 2 is 2.00 bits per heavy atom. The molecule has 2 nitrogen and oxygen atoms in total. The molecule has 0 aliphatic carbocycles. The first kappa shape index (κ1) is 13.6. The van der Waals surface area contributed by atoms with Gasteiger partial charge in [-0.05, 0) is 18.9 Å². The molecule has 0 N–H and O–H groups in total. The van der Waals surface area contributed by atoms with E-state index < -0.39 is 0 Å². The van der Waals surface area contributed by atoms with Crippen molar-refractivity contribution in [2.45, 2.75) is 58.3 Å². The van der Waals surface area contributed by atoms with Gasteiger partial charge in [0.15, 0.2) is 5.15 Å². The van der Waals surface area contributed by atoms with Crippen molar-refractivity contribution in [3.63, 3.8) is 0 Å². The van der Waals surface area contributed by atoms with Crippen LogP contribution in [0, 0.1) is 0 Å². The van der Waals surface area contributed by atoms with E-state index >= 15 is 0 Å². The van der Waals surface area contributed by atoms with Gasteiger partial charge in [-0.3, -0.25) is 4.68 Å². The van der Waals surface area contributed by atoms with Gasteiger partial charge in [0.05, 0.1) is 0 Å². The zero-order valence-corrected chi connectivity index (χ0v) is 11.6. The van der Waals surface area contributed by atoms with Gasteiger partial charge in [0.1, 0.15) is 0 Å². The van der Waals surface area contributed by atoms with Crippen LogP contribution >= 0.6 is 11.6 Å². The second-order valence-electron chi connectivity index (χ2n) is 4.89. The molecule has 1 aromatic rings. The van der Waals surface area contributed by atoms with Crippen molar-refractivity contribution < 1.29 is 0 Å². The Labute approximate surface area is 104 Å². The molecule has 1 aromatic heterocycles. The molecule has 3 heteroatoms. The van der Waals surface area contributed by atoms with Crippen LogP contribution in [0.3, 0.4) is 0 Å². The molecule has 16 heavy (non-hydrogen) atoms. The van der Waals surface area contributed by atoms with Crippen molar-refractivity contribution in [3.8, 4) is 0 Å². The number of hydrogen-bond acceptors (Lipinski definition) is 1. The maximum Gasteiger partial charge on any atom is 0.151 e.